The van der Waals surface area contributed by atoms with Crippen LogP contribution in [0.5, 0.6) is 11.5 Å². The van der Waals surface area contributed by atoms with Gasteiger partial charge in [0.2, 0.25) is 5.78 Å². The monoisotopic (exact) mass is 387 g/mol. The van der Waals surface area contributed by atoms with Crippen LogP contribution >= 0.6 is 0 Å². The van der Waals surface area contributed by atoms with Crippen molar-refractivity contribution in [1.29, 1.82) is 0 Å². The van der Waals surface area contributed by atoms with E-state index in [2.05, 4.69) is 0 Å². The number of aryl methyl sites for hydroxylation is 3. The Morgan fingerprint density at radius 1 is 0.964 bits per heavy atom. The Morgan fingerprint density at radius 2 is 1.50 bits per heavy atom. The van der Waals surface area contributed by atoms with Gasteiger partial charge >= 0.3 is 5.97 Å². The normalized spacial score (nSPS) is 10.3. The molecule has 0 saturated heterocycles. The number of nitro groups is 1. The molecule has 2 aromatic rings. The molecule has 0 atom stereocenters. The Balaban J connectivity index is 2.28. The summed E-state index contributed by atoms with van der Waals surface area (Å²) >= 11 is 0. The fraction of sp³-hybridized carbons (Fsp3) is 0.300. The van der Waals surface area contributed by atoms with Crippen LogP contribution in [0.2, 0.25) is 0 Å². The molecule has 0 radical (unpaired) electrons. The van der Waals surface area contributed by atoms with Gasteiger partial charge in [-0.3, -0.25) is 14.9 Å². The van der Waals surface area contributed by atoms with E-state index >= 15 is 0 Å². The molecule has 2 rings (SSSR count). The second kappa shape index (κ2) is 8.51. The van der Waals surface area contributed by atoms with Gasteiger partial charge in [0.1, 0.15) is 5.56 Å². The summed E-state index contributed by atoms with van der Waals surface area (Å²) in [5.41, 5.74) is 2.21. The molecular formula is C20H21NO7. The van der Waals surface area contributed by atoms with Crippen molar-refractivity contribution in [1.82, 2.24) is 0 Å². The van der Waals surface area contributed by atoms with Crippen molar-refractivity contribution in [3.8, 4) is 11.5 Å². The molecule has 8 nitrogen and oxygen atoms in total. The summed E-state index contributed by atoms with van der Waals surface area (Å²) < 4.78 is 15.2. The van der Waals surface area contributed by atoms with Crippen molar-refractivity contribution in [2.24, 2.45) is 0 Å². The average Bonchev–Trinajstić information content (AvgIpc) is 2.63. The largest absolute Gasteiger partial charge is 0.493 e. The van der Waals surface area contributed by atoms with Crippen LogP contribution in [0.4, 0.5) is 5.69 Å². The van der Waals surface area contributed by atoms with Gasteiger partial charge in [-0.05, 0) is 31.9 Å². The number of hydrogen-bond acceptors (Lipinski definition) is 7. The highest BCUT2D eigenvalue weighted by atomic mass is 16.6. The van der Waals surface area contributed by atoms with Gasteiger partial charge in [0.05, 0.1) is 25.2 Å². The van der Waals surface area contributed by atoms with Gasteiger partial charge in [-0.25, -0.2) is 4.79 Å². The number of carbonyl (C=O) groups is 2. The van der Waals surface area contributed by atoms with Crippen LogP contribution in [0.1, 0.15) is 37.4 Å². The molecule has 28 heavy (non-hydrogen) atoms. The van der Waals surface area contributed by atoms with Crippen molar-refractivity contribution in [2.75, 3.05) is 20.8 Å². The number of nitrogens with zero attached hydrogens (tertiary/aromatic N) is 1. The van der Waals surface area contributed by atoms with E-state index in [0.717, 1.165) is 28.8 Å². The molecule has 0 spiro atoms. The number of Topliss-reactive ketones (excluding diaryl/α,β-unsaturated/α-hetero) is 1. The number of methoxy groups -OCH3 is 2. The third-order valence-corrected chi connectivity index (χ3v) is 4.21. The van der Waals surface area contributed by atoms with E-state index in [-0.39, 0.29) is 22.8 Å². The molecule has 0 N–H and O–H groups in total. The van der Waals surface area contributed by atoms with Gasteiger partial charge in [0.25, 0.3) is 5.69 Å². The lowest BCUT2D eigenvalue weighted by Gasteiger charge is -2.12. The van der Waals surface area contributed by atoms with Gasteiger partial charge in [-0.15, -0.1) is 0 Å². The first kappa shape index (κ1) is 20.9. The molecule has 0 amide bonds. The zero-order valence-electron chi connectivity index (χ0n) is 16.3. The minimum atomic E-state index is -0.997. The van der Waals surface area contributed by atoms with Crippen molar-refractivity contribution >= 4 is 17.4 Å². The van der Waals surface area contributed by atoms with Crippen molar-refractivity contribution in [3.05, 3.63) is 62.2 Å². The minimum absolute atomic E-state index is 0.104. The Labute approximate surface area is 162 Å². The van der Waals surface area contributed by atoms with Crippen LogP contribution in [0, 0.1) is 30.9 Å². The second-order valence-corrected chi connectivity index (χ2v) is 6.25. The van der Waals surface area contributed by atoms with Crippen molar-refractivity contribution in [2.45, 2.75) is 20.8 Å². The number of benzene rings is 2. The standard InChI is InChI=1S/C20H21NO7/c1-11-6-12(2)19(13(3)7-11)16(22)10-28-20(23)14-8-17(26-4)18(27-5)9-15(14)21(24)25/h6-9H,10H2,1-5H3. The summed E-state index contributed by atoms with van der Waals surface area (Å²) in [6, 6.07) is 5.96. The maximum Gasteiger partial charge on any atom is 0.345 e. The van der Waals surface area contributed by atoms with Gasteiger partial charge in [0, 0.05) is 11.6 Å². The molecule has 2 aromatic carbocycles. The molecule has 0 heterocycles. The third kappa shape index (κ3) is 4.28. The van der Waals surface area contributed by atoms with E-state index in [0.29, 0.717) is 5.56 Å². The predicted octanol–water partition coefficient (Wildman–Crippen LogP) is 3.58. The van der Waals surface area contributed by atoms with Crippen LogP contribution in [0.15, 0.2) is 24.3 Å². The summed E-state index contributed by atoms with van der Waals surface area (Å²) in [6.45, 7) is 4.99. The molecule has 8 heteroatoms. The highest BCUT2D eigenvalue weighted by molar-refractivity contribution is 6.02. The smallest absolute Gasteiger partial charge is 0.345 e. The van der Waals surface area contributed by atoms with E-state index in [1.54, 1.807) is 13.8 Å². The Hall–Kier alpha value is -3.42. The number of hydrogen-bond donors (Lipinski definition) is 0. The Morgan fingerprint density at radius 3 is 2.00 bits per heavy atom. The number of esters is 1. The highest BCUT2D eigenvalue weighted by Crippen LogP contribution is 2.34. The molecule has 0 saturated carbocycles. The van der Waals surface area contributed by atoms with E-state index in [1.807, 2.05) is 19.1 Å². The lowest BCUT2D eigenvalue weighted by Crippen LogP contribution is -2.17. The fourth-order valence-electron chi connectivity index (χ4n) is 3.08. The number of nitro benzene ring substituents is 1. The van der Waals surface area contributed by atoms with Gasteiger partial charge in [-0.2, -0.15) is 0 Å². The highest BCUT2D eigenvalue weighted by Gasteiger charge is 2.26. The predicted molar refractivity (Wildman–Crippen MR) is 101 cm³/mol. The first-order chi connectivity index (χ1) is 13.2. The van der Waals surface area contributed by atoms with E-state index < -0.39 is 23.2 Å². The first-order valence-electron chi connectivity index (χ1n) is 8.38. The lowest BCUT2D eigenvalue weighted by atomic mass is 9.97. The Kier molecular flexibility index (Phi) is 6.35. The quantitative estimate of drug-likeness (QED) is 0.309. The van der Waals surface area contributed by atoms with Crippen molar-refractivity contribution in [3.63, 3.8) is 0 Å². The number of rotatable bonds is 7. The third-order valence-electron chi connectivity index (χ3n) is 4.21. The fourth-order valence-corrected chi connectivity index (χ4v) is 3.08. The van der Waals surface area contributed by atoms with Gasteiger partial charge in [-0.1, -0.05) is 17.7 Å². The van der Waals surface area contributed by atoms with E-state index in [1.165, 1.54) is 14.2 Å². The molecule has 148 valence electrons. The summed E-state index contributed by atoms with van der Waals surface area (Å²) in [7, 11) is 2.66. The first-order valence-corrected chi connectivity index (χ1v) is 8.38. The zero-order chi connectivity index (χ0) is 21.0. The van der Waals surface area contributed by atoms with Crippen LogP contribution in [-0.4, -0.2) is 37.5 Å². The van der Waals surface area contributed by atoms with Crippen molar-refractivity contribution < 1.29 is 28.7 Å². The molecule has 0 aliphatic rings. The van der Waals surface area contributed by atoms with Crippen LogP contribution in [0.3, 0.4) is 0 Å². The second-order valence-electron chi connectivity index (χ2n) is 6.25. The summed E-state index contributed by atoms with van der Waals surface area (Å²) in [4.78, 5) is 35.5. The summed E-state index contributed by atoms with van der Waals surface area (Å²) in [6.07, 6.45) is 0. The number of ketones is 1. The zero-order valence-corrected chi connectivity index (χ0v) is 16.3. The molecule has 0 aliphatic carbocycles. The number of ether oxygens (including phenoxy) is 3. The van der Waals surface area contributed by atoms with E-state index in [9.17, 15) is 19.7 Å². The maximum atomic E-state index is 12.5. The maximum absolute atomic E-state index is 12.5. The van der Waals surface area contributed by atoms with Gasteiger partial charge < -0.3 is 14.2 Å². The average molecular weight is 387 g/mol. The van der Waals surface area contributed by atoms with Gasteiger partial charge in [0.15, 0.2) is 18.1 Å². The topological polar surface area (TPSA) is 105 Å². The van der Waals surface area contributed by atoms with Crippen LogP contribution in [0.25, 0.3) is 0 Å². The Bertz CT molecular complexity index is 927. The molecular weight excluding hydrogens is 366 g/mol. The summed E-state index contributed by atoms with van der Waals surface area (Å²) in [5.74, 6) is -1.14. The molecule has 0 aliphatic heterocycles. The molecule has 0 unspecified atom stereocenters. The minimum Gasteiger partial charge on any atom is -0.493 e. The van der Waals surface area contributed by atoms with Crippen LogP contribution in [-0.2, 0) is 4.74 Å². The molecule has 0 aromatic heterocycles. The summed E-state index contributed by atoms with van der Waals surface area (Å²) in [5, 5.41) is 11.3. The molecule has 0 fully saturated rings. The SMILES string of the molecule is COc1cc(C(=O)OCC(=O)c2c(C)cc(C)cc2C)c([N+](=O)[O-])cc1OC. The number of carbonyl (C=O) groups excluding carboxylic acids is 2. The lowest BCUT2D eigenvalue weighted by molar-refractivity contribution is -0.385. The van der Waals surface area contributed by atoms with E-state index in [4.69, 9.17) is 14.2 Å². The van der Waals surface area contributed by atoms with Crippen LogP contribution < -0.4 is 9.47 Å². The molecule has 0 bridgehead atoms.